The van der Waals surface area contributed by atoms with Gasteiger partial charge in [0.2, 0.25) is 0 Å². The Balaban J connectivity index is 1.18. The number of fused-ring (bicyclic) bond motifs is 4. The van der Waals surface area contributed by atoms with Crippen LogP contribution in [0.4, 0.5) is 16.3 Å². The van der Waals surface area contributed by atoms with Gasteiger partial charge in [-0.2, -0.15) is 0 Å². The standard InChI is InChI=1S/C27H32N6O2/c1-27(2,3)35-26(34)33-11-9-16(10-12-33)21-15-29-24-20(21)13-17(14-28-24)30-23-8-7-19-18-5-4-6-22(18)31-25(19)32-23/h7-8,13-16H,4-6,9-12H2,1-3H3,(H,28,29)(H2,30,31,32). The molecule has 1 aliphatic carbocycles. The zero-order chi connectivity index (χ0) is 24.2. The van der Waals surface area contributed by atoms with Crippen LogP contribution in [0.3, 0.4) is 0 Å². The van der Waals surface area contributed by atoms with Crippen LogP contribution in [0.1, 0.15) is 62.8 Å². The predicted molar refractivity (Wildman–Crippen MR) is 137 cm³/mol. The van der Waals surface area contributed by atoms with E-state index in [4.69, 9.17) is 9.72 Å². The maximum Gasteiger partial charge on any atom is 0.410 e. The number of anilines is 2. The second kappa shape index (κ2) is 8.29. The van der Waals surface area contributed by atoms with E-state index in [1.165, 1.54) is 28.6 Å². The number of ether oxygens (including phenoxy) is 1. The number of hydrogen-bond acceptors (Lipinski definition) is 5. The molecule has 0 unspecified atom stereocenters. The number of likely N-dealkylation sites (tertiary alicyclic amines) is 1. The number of nitrogens with zero attached hydrogens (tertiary/aromatic N) is 3. The maximum absolute atomic E-state index is 12.4. The maximum atomic E-state index is 12.4. The summed E-state index contributed by atoms with van der Waals surface area (Å²) >= 11 is 0. The number of H-pyrrole nitrogens is 2. The normalized spacial score (nSPS) is 16.7. The molecule has 8 heteroatoms. The molecule has 0 spiro atoms. The number of aromatic amines is 2. The van der Waals surface area contributed by atoms with Gasteiger partial charge in [0, 0.05) is 35.8 Å². The van der Waals surface area contributed by atoms with Crippen molar-refractivity contribution >= 4 is 39.7 Å². The molecule has 2 aliphatic rings. The van der Waals surface area contributed by atoms with E-state index in [1.807, 2.05) is 37.9 Å². The van der Waals surface area contributed by atoms with Crippen molar-refractivity contribution < 1.29 is 9.53 Å². The summed E-state index contributed by atoms with van der Waals surface area (Å²) in [7, 11) is 0. The van der Waals surface area contributed by atoms with Gasteiger partial charge in [0.15, 0.2) is 0 Å². The van der Waals surface area contributed by atoms with E-state index >= 15 is 0 Å². The molecule has 0 radical (unpaired) electrons. The fourth-order valence-electron chi connectivity index (χ4n) is 5.47. The molecule has 0 aromatic carbocycles. The third-order valence-corrected chi connectivity index (χ3v) is 7.13. The summed E-state index contributed by atoms with van der Waals surface area (Å²) in [4.78, 5) is 30.5. The Hall–Kier alpha value is -3.55. The molecule has 0 atom stereocenters. The number of piperidine rings is 1. The van der Waals surface area contributed by atoms with Crippen LogP contribution in [0.15, 0.2) is 30.6 Å². The molecule has 0 bridgehead atoms. The zero-order valence-corrected chi connectivity index (χ0v) is 20.6. The molecule has 1 saturated heterocycles. The lowest BCUT2D eigenvalue weighted by atomic mass is 9.89. The van der Waals surface area contributed by atoms with Gasteiger partial charge in [-0.3, -0.25) is 0 Å². The summed E-state index contributed by atoms with van der Waals surface area (Å²) in [5.74, 6) is 1.18. The number of aryl methyl sites for hydroxylation is 2. The Kier molecular flexibility index (Phi) is 5.20. The van der Waals surface area contributed by atoms with Crippen LogP contribution in [0.25, 0.3) is 22.1 Å². The monoisotopic (exact) mass is 472 g/mol. The van der Waals surface area contributed by atoms with E-state index in [0.717, 1.165) is 53.9 Å². The number of amides is 1. The van der Waals surface area contributed by atoms with Crippen molar-refractivity contribution in [3.05, 3.63) is 47.4 Å². The van der Waals surface area contributed by atoms with E-state index in [1.54, 1.807) is 0 Å². The topological polar surface area (TPSA) is 98.9 Å². The lowest BCUT2D eigenvalue weighted by Gasteiger charge is -2.33. The van der Waals surface area contributed by atoms with Gasteiger partial charge >= 0.3 is 6.09 Å². The van der Waals surface area contributed by atoms with Crippen LogP contribution < -0.4 is 5.32 Å². The molecule has 5 heterocycles. The number of carbonyl (C=O) groups excluding carboxylic acids is 1. The number of pyridine rings is 2. The molecule has 182 valence electrons. The van der Waals surface area contributed by atoms with Gasteiger partial charge in [-0.25, -0.2) is 14.8 Å². The van der Waals surface area contributed by atoms with E-state index < -0.39 is 5.60 Å². The average Bonchev–Trinajstić information content (AvgIpc) is 3.52. The predicted octanol–water partition coefficient (Wildman–Crippen LogP) is 5.79. The molecule has 1 amide bonds. The van der Waals surface area contributed by atoms with Crippen LogP contribution in [0.2, 0.25) is 0 Å². The molecule has 4 aromatic heterocycles. The second-order valence-electron chi connectivity index (χ2n) is 10.8. The molecule has 6 rings (SSSR count). The first-order valence-electron chi connectivity index (χ1n) is 12.6. The number of aromatic nitrogens is 4. The lowest BCUT2D eigenvalue weighted by Crippen LogP contribution is -2.41. The Bertz CT molecular complexity index is 1400. The second-order valence-corrected chi connectivity index (χ2v) is 10.8. The van der Waals surface area contributed by atoms with E-state index in [9.17, 15) is 4.79 Å². The summed E-state index contributed by atoms with van der Waals surface area (Å²) in [6, 6.07) is 6.36. The summed E-state index contributed by atoms with van der Waals surface area (Å²) in [5.41, 5.74) is 6.29. The van der Waals surface area contributed by atoms with Crippen molar-refractivity contribution in [3.8, 4) is 0 Å². The van der Waals surface area contributed by atoms with Gasteiger partial charge in [-0.1, -0.05) is 0 Å². The highest BCUT2D eigenvalue weighted by Gasteiger charge is 2.28. The van der Waals surface area contributed by atoms with E-state index in [0.29, 0.717) is 19.0 Å². The highest BCUT2D eigenvalue weighted by molar-refractivity contribution is 5.86. The fraction of sp³-hybridized carbons (Fsp3) is 0.444. The number of hydrogen-bond donors (Lipinski definition) is 3. The molecule has 3 N–H and O–H groups in total. The Labute approximate surface area is 204 Å². The van der Waals surface area contributed by atoms with E-state index in [-0.39, 0.29) is 6.09 Å². The Morgan fingerprint density at radius 3 is 2.77 bits per heavy atom. The molecule has 1 fully saturated rings. The molecule has 4 aromatic rings. The molecule has 1 aliphatic heterocycles. The highest BCUT2D eigenvalue weighted by Crippen LogP contribution is 2.35. The highest BCUT2D eigenvalue weighted by atomic mass is 16.6. The van der Waals surface area contributed by atoms with Crippen LogP contribution in [-0.2, 0) is 17.6 Å². The van der Waals surface area contributed by atoms with Gasteiger partial charge in [0.25, 0.3) is 0 Å². The zero-order valence-electron chi connectivity index (χ0n) is 20.6. The summed E-state index contributed by atoms with van der Waals surface area (Å²) in [6.45, 7) is 7.10. The minimum atomic E-state index is -0.472. The van der Waals surface area contributed by atoms with Crippen molar-refractivity contribution in [2.45, 2.75) is 64.4 Å². The lowest BCUT2D eigenvalue weighted by molar-refractivity contribution is 0.0205. The first kappa shape index (κ1) is 21.9. The first-order valence-corrected chi connectivity index (χ1v) is 12.6. The summed E-state index contributed by atoms with van der Waals surface area (Å²) in [5, 5.41) is 5.79. The van der Waals surface area contributed by atoms with Gasteiger partial charge in [0.05, 0.1) is 11.9 Å². The van der Waals surface area contributed by atoms with Crippen molar-refractivity contribution in [2.24, 2.45) is 0 Å². The SMILES string of the molecule is CC(C)(C)OC(=O)N1CCC(c2c[nH]c3ncc(Nc4ccc5c6c([nH]c5n4)CCC6)cc23)CC1. The van der Waals surface area contributed by atoms with E-state index in [2.05, 4.69) is 38.6 Å². The third-order valence-electron chi connectivity index (χ3n) is 7.13. The van der Waals surface area contributed by atoms with Gasteiger partial charge in [-0.15, -0.1) is 0 Å². The number of nitrogens with one attached hydrogen (secondary N) is 3. The minimum absolute atomic E-state index is 0.222. The fourth-order valence-corrected chi connectivity index (χ4v) is 5.47. The molecule has 0 saturated carbocycles. The minimum Gasteiger partial charge on any atom is -0.444 e. The van der Waals surface area contributed by atoms with Crippen molar-refractivity contribution in [1.82, 2.24) is 24.8 Å². The van der Waals surface area contributed by atoms with Crippen molar-refractivity contribution in [1.29, 1.82) is 0 Å². The quantitative estimate of drug-likeness (QED) is 0.351. The van der Waals surface area contributed by atoms with Crippen LogP contribution in [0.5, 0.6) is 0 Å². The Morgan fingerprint density at radius 2 is 1.97 bits per heavy atom. The molecular weight excluding hydrogens is 440 g/mol. The van der Waals surface area contributed by atoms with Crippen molar-refractivity contribution in [2.75, 3.05) is 18.4 Å². The van der Waals surface area contributed by atoms with Crippen molar-refractivity contribution in [3.63, 3.8) is 0 Å². The summed E-state index contributed by atoms with van der Waals surface area (Å²) < 4.78 is 5.54. The van der Waals surface area contributed by atoms with Gasteiger partial charge in [-0.05, 0) is 88.1 Å². The Morgan fingerprint density at radius 1 is 1.14 bits per heavy atom. The van der Waals surface area contributed by atoms with Gasteiger partial charge < -0.3 is 24.9 Å². The number of rotatable bonds is 3. The summed E-state index contributed by atoms with van der Waals surface area (Å²) in [6.07, 6.45) is 8.97. The largest absolute Gasteiger partial charge is 0.444 e. The van der Waals surface area contributed by atoms with Crippen LogP contribution >= 0.6 is 0 Å². The van der Waals surface area contributed by atoms with Crippen LogP contribution in [0, 0.1) is 0 Å². The van der Waals surface area contributed by atoms with Crippen LogP contribution in [-0.4, -0.2) is 49.6 Å². The smallest absolute Gasteiger partial charge is 0.410 e. The first-order chi connectivity index (χ1) is 16.8. The third kappa shape index (κ3) is 4.22. The number of carbonyl (C=O) groups is 1. The van der Waals surface area contributed by atoms with Gasteiger partial charge in [0.1, 0.15) is 22.7 Å². The average molecular weight is 473 g/mol. The molecular formula is C27H32N6O2. The molecule has 35 heavy (non-hydrogen) atoms. The molecule has 8 nitrogen and oxygen atoms in total.